The van der Waals surface area contributed by atoms with E-state index in [9.17, 15) is 18.0 Å². The predicted molar refractivity (Wildman–Crippen MR) is 150 cm³/mol. The summed E-state index contributed by atoms with van der Waals surface area (Å²) >= 11 is 9.53. The molecule has 0 aliphatic heterocycles. The third-order valence-corrected chi connectivity index (χ3v) is 8.26. The monoisotopic (exact) mass is 605 g/mol. The molecule has 0 aliphatic carbocycles. The number of amides is 2. The maximum atomic E-state index is 13.8. The van der Waals surface area contributed by atoms with E-state index in [0.717, 1.165) is 9.87 Å². The van der Waals surface area contributed by atoms with Crippen LogP contribution in [0.25, 0.3) is 0 Å². The van der Waals surface area contributed by atoms with Crippen LogP contribution in [0.1, 0.15) is 25.0 Å². The Bertz CT molecular complexity index is 1370. The molecule has 7 nitrogen and oxygen atoms in total. The molecule has 0 spiro atoms. The standard InChI is InChI=1S/C27H29BrClN3O4S/c1-4-30-27(34)20(3)31(17-21-7-5-9-23(29)15-21)26(33)18-32(24-10-6-8-22(28)16-24)37(35,36)25-13-11-19(2)12-14-25/h5-16,20H,4,17-18H2,1-3H3,(H,30,34). The Labute approximate surface area is 231 Å². The summed E-state index contributed by atoms with van der Waals surface area (Å²) in [4.78, 5) is 27.9. The highest BCUT2D eigenvalue weighted by molar-refractivity contribution is 9.10. The summed E-state index contributed by atoms with van der Waals surface area (Å²) in [5, 5.41) is 3.23. The number of likely N-dealkylation sites (N-methyl/N-ethyl adjacent to an activating group) is 1. The molecule has 3 rings (SSSR count). The lowest BCUT2D eigenvalue weighted by molar-refractivity contribution is -0.139. The minimum atomic E-state index is -4.11. The van der Waals surface area contributed by atoms with Crippen molar-refractivity contribution in [3.8, 4) is 0 Å². The van der Waals surface area contributed by atoms with Crippen LogP contribution in [0.2, 0.25) is 5.02 Å². The first kappa shape index (κ1) is 28.7. The van der Waals surface area contributed by atoms with Crippen molar-refractivity contribution >= 4 is 55.1 Å². The van der Waals surface area contributed by atoms with Crippen LogP contribution in [0.4, 0.5) is 5.69 Å². The van der Waals surface area contributed by atoms with E-state index in [1.165, 1.54) is 17.0 Å². The minimum absolute atomic E-state index is 0.0593. The van der Waals surface area contributed by atoms with E-state index in [1.54, 1.807) is 74.5 Å². The number of hydrogen-bond acceptors (Lipinski definition) is 4. The first-order valence-corrected chi connectivity index (χ1v) is 14.3. The number of rotatable bonds is 10. The average Bonchev–Trinajstić information content (AvgIpc) is 2.85. The lowest BCUT2D eigenvalue weighted by atomic mass is 10.1. The maximum absolute atomic E-state index is 13.8. The lowest BCUT2D eigenvalue weighted by Gasteiger charge is -2.32. The van der Waals surface area contributed by atoms with Gasteiger partial charge in [0.05, 0.1) is 10.6 Å². The van der Waals surface area contributed by atoms with E-state index in [-0.39, 0.29) is 17.3 Å². The number of anilines is 1. The van der Waals surface area contributed by atoms with Crippen LogP contribution in [0.3, 0.4) is 0 Å². The molecule has 3 aromatic rings. The predicted octanol–water partition coefficient (Wildman–Crippen LogP) is 5.16. The van der Waals surface area contributed by atoms with Gasteiger partial charge in [0.25, 0.3) is 10.0 Å². The molecule has 10 heteroatoms. The van der Waals surface area contributed by atoms with Crippen molar-refractivity contribution in [1.82, 2.24) is 10.2 Å². The van der Waals surface area contributed by atoms with Gasteiger partial charge >= 0.3 is 0 Å². The number of carbonyl (C=O) groups excluding carboxylic acids is 2. The fourth-order valence-corrected chi connectivity index (χ4v) is 5.74. The lowest BCUT2D eigenvalue weighted by Crippen LogP contribution is -2.51. The van der Waals surface area contributed by atoms with Gasteiger partial charge in [0.1, 0.15) is 12.6 Å². The summed E-state index contributed by atoms with van der Waals surface area (Å²) in [6, 6.07) is 19.3. The van der Waals surface area contributed by atoms with Crippen LogP contribution in [0.5, 0.6) is 0 Å². The largest absolute Gasteiger partial charge is 0.355 e. The van der Waals surface area contributed by atoms with Crippen molar-refractivity contribution in [3.05, 3.63) is 93.4 Å². The number of hydrogen-bond donors (Lipinski definition) is 1. The molecule has 3 aromatic carbocycles. The second kappa shape index (κ2) is 12.6. The molecular formula is C27H29BrClN3O4S. The number of nitrogens with one attached hydrogen (secondary N) is 1. The van der Waals surface area contributed by atoms with Gasteiger partial charge in [0, 0.05) is 22.6 Å². The normalized spacial score (nSPS) is 12.0. The zero-order valence-corrected chi connectivity index (χ0v) is 24.0. The summed E-state index contributed by atoms with van der Waals surface area (Å²) in [6.07, 6.45) is 0. The fourth-order valence-electron chi connectivity index (χ4n) is 3.73. The van der Waals surface area contributed by atoms with Crippen molar-refractivity contribution < 1.29 is 18.0 Å². The molecule has 37 heavy (non-hydrogen) atoms. The Morgan fingerprint density at radius 1 is 1.03 bits per heavy atom. The molecule has 1 unspecified atom stereocenters. The Balaban J connectivity index is 2.03. The first-order chi connectivity index (χ1) is 17.5. The highest BCUT2D eigenvalue weighted by Crippen LogP contribution is 2.27. The van der Waals surface area contributed by atoms with Crippen LogP contribution in [0.15, 0.2) is 82.2 Å². The van der Waals surface area contributed by atoms with Crippen molar-refractivity contribution in [2.24, 2.45) is 0 Å². The van der Waals surface area contributed by atoms with Crippen molar-refractivity contribution in [3.63, 3.8) is 0 Å². The summed E-state index contributed by atoms with van der Waals surface area (Å²) in [5.74, 6) is -0.873. The summed E-state index contributed by atoms with van der Waals surface area (Å²) in [7, 11) is -4.11. The van der Waals surface area contributed by atoms with Gasteiger partial charge in [-0.3, -0.25) is 13.9 Å². The highest BCUT2D eigenvalue weighted by atomic mass is 79.9. The van der Waals surface area contributed by atoms with Crippen LogP contribution in [0, 0.1) is 6.92 Å². The number of aryl methyl sites for hydroxylation is 1. The maximum Gasteiger partial charge on any atom is 0.264 e. The smallest absolute Gasteiger partial charge is 0.264 e. The quantitative estimate of drug-likeness (QED) is 0.346. The summed E-state index contributed by atoms with van der Waals surface area (Å²) in [5.41, 5.74) is 1.94. The molecule has 1 atom stereocenters. The van der Waals surface area contributed by atoms with Gasteiger partial charge in [0.2, 0.25) is 11.8 Å². The zero-order chi connectivity index (χ0) is 27.2. The van der Waals surface area contributed by atoms with Crippen LogP contribution in [-0.4, -0.2) is 44.3 Å². The van der Waals surface area contributed by atoms with E-state index in [4.69, 9.17) is 11.6 Å². The zero-order valence-electron chi connectivity index (χ0n) is 20.8. The Hall–Kier alpha value is -2.88. The fraction of sp³-hybridized carbons (Fsp3) is 0.259. The minimum Gasteiger partial charge on any atom is -0.355 e. The molecule has 2 amide bonds. The molecule has 0 aliphatic rings. The number of halogens is 2. The Kier molecular flexibility index (Phi) is 9.75. The van der Waals surface area contributed by atoms with Gasteiger partial charge in [-0.05, 0) is 68.8 Å². The Morgan fingerprint density at radius 3 is 2.32 bits per heavy atom. The Morgan fingerprint density at radius 2 is 1.70 bits per heavy atom. The van der Waals surface area contributed by atoms with Gasteiger partial charge in [-0.2, -0.15) is 0 Å². The van der Waals surface area contributed by atoms with E-state index < -0.39 is 28.5 Å². The van der Waals surface area contributed by atoms with E-state index in [2.05, 4.69) is 21.2 Å². The van der Waals surface area contributed by atoms with E-state index >= 15 is 0 Å². The van der Waals surface area contributed by atoms with Crippen LogP contribution < -0.4 is 9.62 Å². The SMILES string of the molecule is CCNC(=O)C(C)N(Cc1cccc(Cl)c1)C(=O)CN(c1cccc(Br)c1)S(=O)(=O)c1ccc(C)cc1. The molecule has 0 aromatic heterocycles. The second-order valence-electron chi connectivity index (χ2n) is 8.53. The molecule has 0 saturated heterocycles. The van der Waals surface area contributed by atoms with Crippen molar-refractivity contribution in [2.75, 3.05) is 17.4 Å². The number of benzene rings is 3. The topological polar surface area (TPSA) is 86.8 Å². The average molecular weight is 607 g/mol. The molecule has 0 fully saturated rings. The van der Waals surface area contributed by atoms with E-state index in [1.807, 2.05) is 6.92 Å². The van der Waals surface area contributed by atoms with Crippen LogP contribution >= 0.6 is 27.5 Å². The highest BCUT2D eigenvalue weighted by Gasteiger charge is 2.32. The van der Waals surface area contributed by atoms with E-state index in [0.29, 0.717) is 27.3 Å². The third-order valence-electron chi connectivity index (χ3n) is 5.74. The molecule has 196 valence electrons. The van der Waals surface area contributed by atoms with Gasteiger partial charge in [-0.15, -0.1) is 0 Å². The molecule has 0 saturated carbocycles. The summed E-state index contributed by atoms with van der Waals surface area (Å²) < 4.78 is 29.3. The number of nitrogens with zero attached hydrogens (tertiary/aromatic N) is 2. The molecule has 0 heterocycles. The van der Waals surface area contributed by atoms with Crippen molar-refractivity contribution in [1.29, 1.82) is 0 Å². The second-order valence-corrected chi connectivity index (χ2v) is 11.7. The molecule has 0 radical (unpaired) electrons. The van der Waals surface area contributed by atoms with Gasteiger partial charge in [-0.1, -0.05) is 63.4 Å². The van der Waals surface area contributed by atoms with Gasteiger partial charge in [-0.25, -0.2) is 8.42 Å². The van der Waals surface area contributed by atoms with Crippen LogP contribution in [-0.2, 0) is 26.2 Å². The third kappa shape index (κ3) is 7.34. The number of carbonyl (C=O) groups is 2. The molecular weight excluding hydrogens is 578 g/mol. The number of sulfonamides is 1. The van der Waals surface area contributed by atoms with Gasteiger partial charge < -0.3 is 10.2 Å². The summed E-state index contributed by atoms with van der Waals surface area (Å²) in [6.45, 7) is 5.24. The molecule has 0 bridgehead atoms. The van der Waals surface area contributed by atoms with Crippen molar-refractivity contribution in [2.45, 2.75) is 38.3 Å². The first-order valence-electron chi connectivity index (χ1n) is 11.7. The molecule has 1 N–H and O–H groups in total. The van der Waals surface area contributed by atoms with Gasteiger partial charge in [0.15, 0.2) is 0 Å².